The van der Waals surface area contributed by atoms with Crippen LogP contribution in [0.3, 0.4) is 0 Å². The van der Waals surface area contributed by atoms with Crippen LogP contribution in [0.5, 0.6) is 0 Å². The lowest BCUT2D eigenvalue weighted by Gasteiger charge is -2.35. The molecule has 300 valence electrons. The van der Waals surface area contributed by atoms with E-state index in [2.05, 4.69) is 43.7 Å². The van der Waals surface area contributed by atoms with Crippen molar-refractivity contribution in [3.8, 4) is 0 Å². The van der Waals surface area contributed by atoms with Gasteiger partial charge in [-0.25, -0.2) is 0 Å². The molecule has 0 bridgehead atoms. The maximum absolute atomic E-state index is 2.87. The van der Waals surface area contributed by atoms with Gasteiger partial charge in [0.25, 0.3) is 6.85 Å². The summed E-state index contributed by atoms with van der Waals surface area (Å²) in [5, 5.41) is 0. The number of hydrogen-bond donors (Lipinski definition) is 0. The van der Waals surface area contributed by atoms with Gasteiger partial charge in [0.05, 0.1) is 0 Å². The lowest BCUT2D eigenvalue weighted by molar-refractivity contribution is 0.454. The molecule has 0 saturated carbocycles. The van der Waals surface area contributed by atoms with Crippen LogP contribution in [-0.2, 0) is 0 Å². The highest BCUT2D eigenvalue weighted by molar-refractivity contribution is 6.62. The summed E-state index contributed by atoms with van der Waals surface area (Å²) in [4.78, 5) is 2.87. The van der Waals surface area contributed by atoms with Crippen LogP contribution in [-0.4, -0.2) is 18.2 Å². The first-order chi connectivity index (χ1) is 25.3. The number of nitrogens with zero attached hydrogens (tertiary/aromatic N) is 1. The summed E-state index contributed by atoms with van der Waals surface area (Å²) >= 11 is 0. The van der Waals surface area contributed by atoms with E-state index < -0.39 is 0 Å². The van der Waals surface area contributed by atoms with Crippen LogP contribution in [0, 0.1) is 0 Å². The average molecular weight is 710 g/mol. The summed E-state index contributed by atoms with van der Waals surface area (Å²) in [5.74, 6) is 2.55. The Kier molecular flexibility index (Phi) is 38.4. The second kappa shape index (κ2) is 40.5. The van der Waals surface area contributed by atoms with Crippen molar-refractivity contribution >= 4 is 6.85 Å². The van der Waals surface area contributed by atoms with Crippen LogP contribution in [0.4, 0.5) is 0 Å². The molecule has 0 spiro atoms. The zero-order valence-corrected chi connectivity index (χ0v) is 36.0. The van der Waals surface area contributed by atoms with E-state index in [1.54, 1.807) is 5.70 Å². The molecule has 0 unspecified atom stereocenters. The highest BCUT2D eigenvalue weighted by Gasteiger charge is 2.24. The Morgan fingerprint density at radius 3 is 1.00 bits per heavy atom. The summed E-state index contributed by atoms with van der Waals surface area (Å²) in [7, 11) is 0. The smallest absolute Gasteiger partial charge is 0.280 e. The quantitative estimate of drug-likeness (QED) is 0.0450. The van der Waals surface area contributed by atoms with E-state index in [9.17, 15) is 0 Å². The van der Waals surface area contributed by atoms with Gasteiger partial charge in [0.2, 0.25) is 0 Å². The van der Waals surface area contributed by atoms with Crippen LogP contribution in [0.15, 0.2) is 23.8 Å². The van der Waals surface area contributed by atoms with Crippen LogP contribution >= 0.6 is 0 Å². The van der Waals surface area contributed by atoms with Gasteiger partial charge in [-0.1, -0.05) is 270 Å². The fourth-order valence-electron chi connectivity index (χ4n) is 8.49. The van der Waals surface area contributed by atoms with E-state index in [0.717, 1.165) is 0 Å². The maximum Gasteiger partial charge on any atom is 0.280 e. The van der Waals surface area contributed by atoms with E-state index >= 15 is 0 Å². The Morgan fingerprint density at radius 2 is 0.647 bits per heavy atom. The van der Waals surface area contributed by atoms with Gasteiger partial charge in [0, 0.05) is 12.2 Å². The standard InChI is InChI=1S/C49H96BN/c1-4-7-10-13-16-19-22-25-28-31-34-37-40-44-49-45-43-47-50(46-41-38-35-32-29-26-23-20-17-14-11-8-5-2)51(49)48-42-39-36-33-30-27-24-21-18-15-12-9-6-3/h43,45,47H,4-42,44,46,48H2,1-3H3. The fourth-order valence-corrected chi connectivity index (χ4v) is 8.49. The second-order valence-electron chi connectivity index (χ2n) is 17.1. The number of allylic oxidation sites excluding steroid dienone is 3. The molecule has 0 fully saturated rings. The fraction of sp³-hybridized carbons (Fsp3) is 0.918. The Bertz CT molecular complexity index is 728. The number of rotatable bonds is 42. The maximum atomic E-state index is 2.87. The van der Waals surface area contributed by atoms with Crippen molar-refractivity contribution in [1.82, 2.24) is 4.81 Å². The van der Waals surface area contributed by atoms with Crippen LogP contribution in [0.2, 0.25) is 6.32 Å². The lowest BCUT2D eigenvalue weighted by atomic mass is 9.54. The van der Waals surface area contributed by atoms with Crippen molar-refractivity contribution in [3.05, 3.63) is 23.8 Å². The zero-order valence-electron chi connectivity index (χ0n) is 36.0. The third kappa shape index (κ3) is 32.5. The van der Waals surface area contributed by atoms with Crippen molar-refractivity contribution in [2.75, 3.05) is 6.54 Å². The van der Waals surface area contributed by atoms with Gasteiger partial charge >= 0.3 is 0 Å². The highest BCUT2D eigenvalue weighted by Crippen LogP contribution is 2.25. The average Bonchev–Trinajstić information content (AvgIpc) is 3.14. The zero-order chi connectivity index (χ0) is 36.6. The normalized spacial score (nSPS) is 13.1. The number of unbranched alkanes of at least 4 members (excludes halogenated alkanes) is 36. The Labute approximate surface area is 324 Å². The molecule has 0 radical (unpaired) electrons. The molecule has 0 atom stereocenters. The molecular formula is C49H96BN. The van der Waals surface area contributed by atoms with Crippen molar-refractivity contribution in [2.45, 2.75) is 284 Å². The molecule has 1 rings (SSSR count). The van der Waals surface area contributed by atoms with Crippen LogP contribution < -0.4 is 0 Å². The Morgan fingerprint density at radius 1 is 0.353 bits per heavy atom. The molecule has 1 aliphatic heterocycles. The van der Waals surface area contributed by atoms with Crippen molar-refractivity contribution in [3.63, 3.8) is 0 Å². The molecule has 0 aromatic heterocycles. The molecule has 0 aromatic carbocycles. The molecule has 0 saturated heterocycles. The minimum absolute atomic E-state index is 0.650. The molecule has 2 heteroatoms. The second-order valence-corrected chi connectivity index (χ2v) is 17.1. The van der Waals surface area contributed by atoms with E-state index in [-0.39, 0.29) is 0 Å². The monoisotopic (exact) mass is 710 g/mol. The van der Waals surface area contributed by atoms with Gasteiger partial charge < -0.3 is 4.81 Å². The van der Waals surface area contributed by atoms with E-state index in [1.165, 1.54) is 270 Å². The molecular weight excluding hydrogens is 613 g/mol. The minimum Gasteiger partial charge on any atom is -0.414 e. The molecule has 1 heterocycles. The first kappa shape index (κ1) is 48.4. The van der Waals surface area contributed by atoms with Crippen molar-refractivity contribution < 1.29 is 0 Å². The summed E-state index contributed by atoms with van der Waals surface area (Å²) < 4.78 is 0. The summed E-state index contributed by atoms with van der Waals surface area (Å²) in [6, 6.07) is 0. The molecule has 1 nitrogen and oxygen atoms in total. The van der Waals surface area contributed by atoms with Crippen LogP contribution in [0.25, 0.3) is 0 Å². The first-order valence-corrected chi connectivity index (χ1v) is 24.5. The Balaban J connectivity index is 2.28. The van der Waals surface area contributed by atoms with Gasteiger partial charge in [-0.05, 0) is 31.7 Å². The van der Waals surface area contributed by atoms with Gasteiger partial charge in [-0.3, -0.25) is 0 Å². The van der Waals surface area contributed by atoms with Gasteiger partial charge in [0.1, 0.15) is 0 Å². The summed E-state index contributed by atoms with van der Waals surface area (Å²) in [6.45, 7) is 8.89. The SMILES string of the molecule is CCCCCCCCCCCCCCCB1C=CC=C(CCCCCCCCCCCCCCC)N1CCCCCCCCCCCCCCC. The van der Waals surface area contributed by atoms with Gasteiger partial charge in [-0.15, -0.1) is 0 Å². The highest BCUT2D eigenvalue weighted by atomic mass is 15.1. The van der Waals surface area contributed by atoms with Gasteiger partial charge in [0.15, 0.2) is 0 Å². The topological polar surface area (TPSA) is 3.24 Å². The summed E-state index contributed by atoms with van der Waals surface area (Å²) in [6.07, 6.45) is 64.0. The Hall–Kier alpha value is -0.655. The molecule has 51 heavy (non-hydrogen) atoms. The largest absolute Gasteiger partial charge is 0.414 e. The number of hydrogen-bond acceptors (Lipinski definition) is 1. The van der Waals surface area contributed by atoms with Crippen LogP contribution in [0.1, 0.15) is 278 Å². The van der Waals surface area contributed by atoms with Crippen molar-refractivity contribution in [2.24, 2.45) is 0 Å². The summed E-state index contributed by atoms with van der Waals surface area (Å²) in [5.41, 5.74) is 1.67. The third-order valence-electron chi connectivity index (χ3n) is 12.0. The molecule has 0 aliphatic carbocycles. The third-order valence-corrected chi connectivity index (χ3v) is 12.0. The van der Waals surface area contributed by atoms with Gasteiger partial charge in [-0.2, -0.15) is 0 Å². The predicted octanol–water partition coefficient (Wildman–Crippen LogP) is 17.9. The first-order valence-electron chi connectivity index (χ1n) is 24.5. The van der Waals surface area contributed by atoms with E-state index in [0.29, 0.717) is 6.85 Å². The lowest BCUT2D eigenvalue weighted by Crippen LogP contribution is -2.39. The molecule has 1 aliphatic rings. The molecule has 0 amide bonds. The molecule has 0 aromatic rings. The minimum atomic E-state index is 0.650. The predicted molar refractivity (Wildman–Crippen MR) is 236 cm³/mol. The van der Waals surface area contributed by atoms with E-state index in [4.69, 9.17) is 0 Å². The van der Waals surface area contributed by atoms with Crippen molar-refractivity contribution in [1.29, 1.82) is 0 Å². The van der Waals surface area contributed by atoms with E-state index in [1.807, 2.05) is 0 Å². The molecule has 0 N–H and O–H groups in total.